The van der Waals surface area contributed by atoms with Crippen molar-refractivity contribution in [3.63, 3.8) is 0 Å². The fraction of sp³-hybridized carbons (Fsp3) is 0.250. The highest BCUT2D eigenvalue weighted by Gasteiger charge is 2.32. The quantitative estimate of drug-likeness (QED) is 0.652. The molecule has 0 spiro atoms. The molecule has 0 radical (unpaired) electrons. The zero-order chi connectivity index (χ0) is 14.5. The molecule has 1 rings (SSSR count). The monoisotopic (exact) mass is 244 g/mol. The molecule has 1 aromatic carbocycles. The van der Waals surface area contributed by atoms with Crippen LogP contribution in [0.15, 0.2) is 22.6 Å². The van der Waals surface area contributed by atoms with E-state index in [2.05, 4.69) is 15.9 Å². The summed E-state index contributed by atoms with van der Waals surface area (Å²) >= 11 is 2.49. The van der Waals surface area contributed by atoms with Crippen molar-refractivity contribution in [1.82, 2.24) is 0 Å². The van der Waals surface area contributed by atoms with Gasteiger partial charge >= 0.3 is 6.18 Å². The van der Waals surface area contributed by atoms with Gasteiger partial charge < -0.3 is 0 Å². The van der Waals surface area contributed by atoms with E-state index < -0.39 is 46.8 Å². The van der Waals surface area contributed by atoms with Gasteiger partial charge in [0.25, 0.3) is 0 Å². The van der Waals surface area contributed by atoms with Gasteiger partial charge in [0.2, 0.25) is 0 Å². The van der Waals surface area contributed by atoms with Crippen LogP contribution in [0, 0.1) is 6.85 Å². The van der Waals surface area contributed by atoms with Crippen LogP contribution in [-0.4, -0.2) is 0 Å². The molecule has 0 atom stereocenters. The number of hydrogen-bond acceptors (Lipinski definition) is 0. The van der Waals surface area contributed by atoms with Crippen molar-refractivity contribution in [2.75, 3.05) is 0 Å². The first-order valence-corrected chi connectivity index (χ1v) is 3.55. The number of benzene rings is 1. The lowest BCUT2D eigenvalue weighted by Gasteiger charge is -2.09. The lowest BCUT2D eigenvalue weighted by Crippen LogP contribution is -2.05. The minimum absolute atomic E-state index is 0.794. The Balaban J connectivity index is 3.83. The lowest BCUT2D eigenvalue weighted by atomic mass is 10.1. The molecule has 12 heavy (non-hydrogen) atoms. The smallest absolute Gasteiger partial charge is 0.166 e. The summed E-state index contributed by atoms with van der Waals surface area (Å²) in [6.45, 7) is -3.05. The Hall–Kier alpha value is -0.510. The molecule has 0 unspecified atom stereocenters. The third-order valence-corrected chi connectivity index (χ3v) is 1.64. The average molecular weight is 245 g/mol. The van der Waals surface area contributed by atoms with Crippen molar-refractivity contribution >= 4 is 15.9 Å². The summed E-state index contributed by atoms with van der Waals surface area (Å²) in [6.07, 6.45) is -4.97. The number of rotatable bonds is 0. The highest BCUT2D eigenvalue weighted by Crippen LogP contribution is 2.34. The Labute approximate surface area is 85.0 Å². The van der Waals surface area contributed by atoms with E-state index in [1.807, 2.05) is 0 Å². The predicted octanol–water partition coefficient (Wildman–Crippen LogP) is 3.78. The van der Waals surface area contributed by atoms with Gasteiger partial charge in [0.15, 0.2) is 0 Å². The molecule has 4 heteroatoms. The number of alkyl halides is 3. The number of halogens is 4. The molecule has 0 saturated heterocycles. The third-order valence-electron chi connectivity index (χ3n) is 1.05. The fourth-order valence-corrected chi connectivity index (χ4v) is 1.01. The van der Waals surface area contributed by atoms with E-state index in [0.717, 1.165) is 0 Å². The molecule has 0 bridgehead atoms. The molecule has 0 aliphatic carbocycles. The Bertz CT molecular complexity index is 452. The first-order valence-electron chi connectivity index (χ1n) is 5.76. The topological polar surface area (TPSA) is 0 Å². The maximum Gasteiger partial charge on any atom is 0.417 e. The van der Waals surface area contributed by atoms with Gasteiger partial charge in [0.1, 0.15) is 0 Å². The van der Waals surface area contributed by atoms with Crippen molar-refractivity contribution in [2.24, 2.45) is 0 Å². The second kappa shape index (κ2) is 3.09. The minimum atomic E-state index is -4.97. The zero-order valence-corrected chi connectivity index (χ0v) is 7.10. The minimum Gasteiger partial charge on any atom is -0.166 e. The molecule has 1 aromatic rings. The van der Waals surface area contributed by atoms with Gasteiger partial charge in [0.05, 0.1) is 9.68 Å². The Kier molecular flexibility index (Phi) is 1.06. The van der Waals surface area contributed by atoms with Gasteiger partial charge in [-0.3, -0.25) is 0 Å². The van der Waals surface area contributed by atoms with Gasteiger partial charge in [-0.1, -0.05) is 27.5 Å². The fourth-order valence-electron chi connectivity index (χ4n) is 0.586. The summed E-state index contributed by atoms with van der Waals surface area (Å²) in [6, 6.07) is -3.10. The van der Waals surface area contributed by atoms with Crippen molar-refractivity contribution in [2.45, 2.75) is 13.0 Å². The lowest BCUT2D eigenvalue weighted by molar-refractivity contribution is -0.138. The van der Waals surface area contributed by atoms with E-state index in [0.29, 0.717) is 0 Å². The summed E-state index contributed by atoms with van der Waals surface area (Å²) < 4.78 is 80.5. The van der Waals surface area contributed by atoms with E-state index in [1.54, 1.807) is 0 Å². The molecule has 0 aliphatic rings. The zero-order valence-electron chi connectivity index (χ0n) is 11.5. The van der Waals surface area contributed by atoms with Crippen molar-refractivity contribution in [3.8, 4) is 0 Å². The molecule has 0 N–H and O–H groups in total. The highest BCUT2D eigenvalue weighted by molar-refractivity contribution is 9.10. The molecular weight excluding hydrogens is 233 g/mol. The van der Waals surface area contributed by atoms with E-state index >= 15 is 0 Å². The van der Waals surface area contributed by atoms with Crippen molar-refractivity contribution in [3.05, 3.63) is 33.7 Å². The van der Waals surface area contributed by atoms with Crippen LogP contribution < -0.4 is 0 Å². The van der Waals surface area contributed by atoms with Crippen LogP contribution in [0.25, 0.3) is 0 Å². The van der Waals surface area contributed by atoms with Crippen LogP contribution in [0.3, 0.4) is 0 Å². The largest absolute Gasteiger partial charge is 0.417 e. The molecular formula is C8H6BrF3. The van der Waals surface area contributed by atoms with Gasteiger partial charge in [-0.25, -0.2) is 0 Å². The predicted molar refractivity (Wildman–Crippen MR) is 43.9 cm³/mol. The molecule has 0 saturated carbocycles. The third kappa shape index (κ3) is 2.00. The molecule has 0 aromatic heterocycles. The summed E-state index contributed by atoms with van der Waals surface area (Å²) in [5.74, 6) is 0. The van der Waals surface area contributed by atoms with Crippen LogP contribution in [0.5, 0.6) is 0 Å². The molecule has 0 aliphatic heterocycles. The SMILES string of the molecule is [2H]c1c([2H])c(C([2H])([2H])[2H])c([2H])c(C(F)(F)F)c1Br. The van der Waals surface area contributed by atoms with Gasteiger partial charge in [-0.15, -0.1) is 0 Å². The van der Waals surface area contributed by atoms with E-state index in [9.17, 15) is 13.2 Å². The second-order valence-corrected chi connectivity index (χ2v) is 2.73. The number of hydrogen-bond donors (Lipinski definition) is 0. The van der Waals surface area contributed by atoms with Crippen LogP contribution in [-0.2, 0) is 6.18 Å². The van der Waals surface area contributed by atoms with Crippen LogP contribution in [0.2, 0.25) is 0 Å². The standard InChI is InChI=1S/C8H6BrF3/c1-5-2-3-7(9)6(4-5)8(10,11)12/h2-4H,1H3/i1D3,2D,3D,4D. The first-order chi connectivity index (χ1) is 7.89. The van der Waals surface area contributed by atoms with Crippen LogP contribution in [0.4, 0.5) is 13.2 Å². The Morgan fingerprint density at radius 3 is 2.67 bits per heavy atom. The van der Waals surface area contributed by atoms with Gasteiger partial charge in [-0.05, 0) is 18.9 Å². The molecule has 0 fully saturated rings. The molecule has 0 heterocycles. The van der Waals surface area contributed by atoms with Crippen molar-refractivity contribution < 1.29 is 21.4 Å². The Morgan fingerprint density at radius 2 is 2.17 bits per heavy atom. The summed E-state index contributed by atoms with van der Waals surface area (Å²) in [5.41, 5.74) is -2.61. The molecule has 0 amide bonds. The molecule has 0 nitrogen and oxygen atoms in total. The first kappa shape index (κ1) is 4.13. The summed E-state index contributed by atoms with van der Waals surface area (Å²) in [5, 5.41) is 0. The van der Waals surface area contributed by atoms with Gasteiger partial charge in [0, 0.05) is 8.58 Å². The molecule has 66 valence electrons. The van der Waals surface area contributed by atoms with Crippen LogP contribution in [0.1, 0.15) is 19.4 Å². The maximum absolute atomic E-state index is 12.7. The van der Waals surface area contributed by atoms with Gasteiger partial charge in [-0.2, -0.15) is 13.2 Å². The summed E-state index contributed by atoms with van der Waals surface area (Å²) in [4.78, 5) is 0. The van der Waals surface area contributed by atoms with E-state index in [1.165, 1.54) is 0 Å². The van der Waals surface area contributed by atoms with E-state index in [-0.39, 0.29) is 0 Å². The van der Waals surface area contributed by atoms with Crippen LogP contribution >= 0.6 is 15.9 Å². The normalized spacial score (nSPS) is 20.0. The maximum atomic E-state index is 12.7. The average Bonchev–Trinajstić information content (AvgIpc) is 2.09. The van der Waals surface area contributed by atoms with E-state index in [4.69, 9.17) is 8.22 Å². The highest BCUT2D eigenvalue weighted by atomic mass is 79.9. The summed E-state index contributed by atoms with van der Waals surface area (Å²) in [7, 11) is 0. The second-order valence-electron chi connectivity index (χ2n) is 1.94. The van der Waals surface area contributed by atoms with Crippen molar-refractivity contribution in [1.29, 1.82) is 0 Å². The Morgan fingerprint density at radius 1 is 1.50 bits per heavy atom.